The third-order valence-electron chi connectivity index (χ3n) is 3.75. The van der Waals surface area contributed by atoms with Crippen LogP contribution in [0.25, 0.3) is 0 Å². The molecule has 1 saturated heterocycles. The topological polar surface area (TPSA) is 32.3 Å². The van der Waals surface area contributed by atoms with Gasteiger partial charge in [0.1, 0.15) is 0 Å². The highest BCUT2D eigenvalue weighted by Crippen LogP contribution is 2.33. The van der Waals surface area contributed by atoms with Gasteiger partial charge in [-0.2, -0.15) is 0 Å². The summed E-state index contributed by atoms with van der Waals surface area (Å²) in [5.74, 6) is 1.16. The summed E-state index contributed by atoms with van der Waals surface area (Å²) < 4.78 is 0. The molecule has 0 aromatic rings. The number of nitrogens with zero attached hydrogens (tertiary/aromatic N) is 1. The van der Waals surface area contributed by atoms with Crippen molar-refractivity contribution in [1.82, 2.24) is 10.2 Å². The van der Waals surface area contributed by atoms with Crippen molar-refractivity contribution in [3.63, 3.8) is 0 Å². The predicted molar refractivity (Wildman–Crippen MR) is 53.8 cm³/mol. The molecule has 14 heavy (non-hydrogen) atoms. The fourth-order valence-electron chi connectivity index (χ4n) is 2.42. The smallest absolute Gasteiger partial charge is 0.240 e. The minimum absolute atomic E-state index is 0.144. The maximum Gasteiger partial charge on any atom is 0.240 e. The second kappa shape index (κ2) is 2.96. The van der Waals surface area contributed by atoms with Gasteiger partial charge >= 0.3 is 0 Å². The molecule has 2 saturated carbocycles. The van der Waals surface area contributed by atoms with E-state index in [1.807, 2.05) is 0 Å². The predicted octanol–water partition coefficient (Wildman–Crippen LogP) is 0.748. The molecule has 3 heteroatoms. The first kappa shape index (κ1) is 8.72. The fraction of sp³-hybridized carbons (Fsp3) is 0.909. The highest BCUT2D eigenvalue weighted by molar-refractivity contribution is 5.84. The summed E-state index contributed by atoms with van der Waals surface area (Å²) in [7, 11) is 0. The lowest BCUT2D eigenvalue weighted by atomic mass is 10.2. The van der Waals surface area contributed by atoms with E-state index in [0.29, 0.717) is 18.0 Å². The van der Waals surface area contributed by atoms with E-state index in [1.165, 1.54) is 19.3 Å². The quantitative estimate of drug-likeness (QED) is 0.719. The van der Waals surface area contributed by atoms with Gasteiger partial charge in [0.05, 0.1) is 6.04 Å². The SMILES string of the molecule is C[C@@H]1C[C@H]1NC1CCN(C2CC2)C1=O. The Morgan fingerprint density at radius 3 is 2.64 bits per heavy atom. The van der Waals surface area contributed by atoms with Crippen molar-refractivity contribution >= 4 is 5.91 Å². The molecule has 1 unspecified atom stereocenters. The van der Waals surface area contributed by atoms with E-state index in [2.05, 4.69) is 17.1 Å². The number of hydrogen-bond acceptors (Lipinski definition) is 2. The van der Waals surface area contributed by atoms with Crippen molar-refractivity contribution in [2.24, 2.45) is 5.92 Å². The zero-order valence-corrected chi connectivity index (χ0v) is 8.70. The van der Waals surface area contributed by atoms with E-state index in [-0.39, 0.29) is 6.04 Å². The third-order valence-corrected chi connectivity index (χ3v) is 3.75. The first-order valence-electron chi connectivity index (χ1n) is 5.82. The molecule has 3 atom stereocenters. The Kier molecular flexibility index (Phi) is 1.84. The van der Waals surface area contributed by atoms with Gasteiger partial charge in [-0.3, -0.25) is 4.79 Å². The molecule has 3 aliphatic rings. The van der Waals surface area contributed by atoms with E-state index in [1.54, 1.807) is 0 Å². The Balaban J connectivity index is 1.57. The lowest BCUT2D eigenvalue weighted by Gasteiger charge is -2.16. The molecule has 0 aromatic carbocycles. The van der Waals surface area contributed by atoms with Crippen LogP contribution in [-0.2, 0) is 4.79 Å². The van der Waals surface area contributed by atoms with Crippen LogP contribution in [0.2, 0.25) is 0 Å². The van der Waals surface area contributed by atoms with Gasteiger partial charge in [0, 0.05) is 18.6 Å². The molecule has 2 aliphatic carbocycles. The van der Waals surface area contributed by atoms with Gasteiger partial charge in [0.2, 0.25) is 5.91 Å². The molecular formula is C11H18N2O. The second-order valence-electron chi connectivity index (χ2n) is 5.09. The number of carbonyl (C=O) groups is 1. The molecule has 3 fully saturated rings. The van der Waals surface area contributed by atoms with Crippen molar-refractivity contribution in [2.45, 2.75) is 50.7 Å². The molecule has 0 radical (unpaired) electrons. The standard InChI is InChI=1S/C11H18N2O/c1-7-6-10(7)12-9-4-5-13(11(9)14)8-2-3-8/h7-10,12H,2-6H2,1H3/t7-,9?,10-/m1/s1. The molecule has 0 spiro atoms. The summed E-state index contributed by atoms with van der Waals surface area (Å²) in [6, 6.07) is 1.37. The molecule has 1 N–H and O–H groups in total. The van der Waals surface area contributed by atoms with E-state index in [0.717, 1.165) is 18.9 Å². The van der Waals surface area contributed by atoms with E-state index in [9.17, 15) is 4.79 Å². The molecule has 0 aromatic heterocycles. The minimum Gasteiger partial charge on any atom is -0.338 e. The maximum absolute atomic E-state index is 11.9. The molecule has 0 bridgehead atoms. The van der Waals surface area contributed by atoms with Gasteiger partial charge in [0.15, 0.2) is 0 Å². The monoisotopic (exact) mass is 194 g/mol. The van der Waals surface area contributed by atoms with Crippen molar-refractivity contribution in [1.29, 1.82) is 0 Å². The number of likely N-dealkylation sites (tertiary alicyclic amines) is 1. The van der Waals surface area contributed by atoms with Crippen molar-refractivity contribution in [2.75, 3.05) is 6.54 Å². The second-order valence-corrected chi connectivity index (χ2v) is 5.09. The van der Waals surface area contributed by atoms with Crippen LogP contribution in [0.3, 0.4) is 0 Å². The third kappa shape index (κ3) is 1.44. The van der Waals surface area contributed by atoms with Gasteiger partial charge in [-0.1, -0.05) is 6.92 Å². The summed E-state index contributed by atoms with van der Waals surface area (Å²) in [5, 5.41) is 3.47. The highest BCUT2D eigenvalue weighted by Gasteiger charge is 2.43. The van der Waals surface area contributed by atoms with Crippen LogP contribution in [0.5, 0.6) is 0 Å². The van der Waals surface area contributed by atoms with Crippen LogP contribution >= 0.6 is 0 Å². The maximum atomic E-state index is 11.9. The summed E-state index contributed by atoms with van der Waals surface area (Å²) in [6.45, 7) is 3.23. The molecule has 3 nitrogen and oxygen atoms in total. The molecule has 3 rings (SSSR count). The average Bonchev–Trinajstić information content (AvgIpc) is 3.04. The molecule has 1 heterocycles. The van der Waals surface area contributed by atoms with Crippen molar-refractivity contribution in [3.05, 3.63) is 0 Å². The summed E-state index contributed by atoms with van der Waals surface area (Å²) in [5.41, 5.74) is 0. The highest BCUT2D eigenvalue weighted by atomic mass is 16.2. The normalized spacial score (nSPS) is 41.9. The average molecular weight is 194 g/mol. The van der Waals surface area contributed by atoms with Gasteiger partial charge < -0.3 is 10.2 Å². The van der Waals surface area contributed by atoms with E-state index >= 15 is 0 Å². The van der Waals surface area contributed by atoms with Gasteiger partial charge in [-0.05, 0) is 31.6 Å². The van der Waals surface area contributed by atoms with Crippen LogP contribution in [0, 0.1) is 5.92 Å². The Bertz CT molecular complexity index is 262. The summed E-state index contributed by atoms with van der Waals surface area (Å²) in [6.07, 6.45) is 4.75. The summed E-state index contributed by atoms with van der Waals surface area (Å²) >= 11 is 0. The minimum atomic E-state index is 0.144. The number of amides is 1. The zero-order chi connectivity index (χ0) is 9.71. The van der Waals surface area contributed by atoms with E-state index in [4.69, 9.17) is 0 Å². The Hall–Kier alpha value is -0.570. The van der Waals surface area contributed by atoms with Crippen LogP contribution < -0.4 is 5.32 Å². The zero-order valence-electron chi connectivity index (χ0n) is 8.70. The number of rotatable bonds is 3. The number of hydrogen-bond donors (Lipinski definition) is 1. The summed E-state index contributed by atoms with van der Waals surface area (Å²) in [4.78, 5) is 14.0. The fourth-order valence-corrected chi connectivity index (χ4v) is 2.42. The van der Waals surface area contributed by atoms with Crippen LogP contribution in [0.1, 0.15) is 32.6 Å². The largest absolute Gasteiger partial charge is 0.338 e. The van der Waals surface area contributed by atoms with Crippen molar-refractivity contribution in [3.8, 4) is 0 Å². The number of nitrogens with one attached hydrogen (secondary N) is 1. The van der Waals surface area contributed by atoms with Crippen LogP contribution in [0.15, 0.2) is 0 Å². The van der Waals surface area contributed by atoms with Crippen LogP contribution in [-0.4, -0.2) is 35.5 Å². The lowest BCUT2D eigenvalue weighted by molar-refractivity contribution is -0.129. The number of carbonyl (C=O) groups excluding carboxylic acids is 1. The van der Waals surface area contributed by atoms with Gasteiger partial charge in [-0.15, -0.1) is 0 Å². The molecule has 78 valence electrons. The first-order valence-corrected chi connectivity index (χ1v) is 5.82. The van der Waals surface area contributed by atoms with Crippen molar-refractivity contribution < 1.29 is 4.79 Å². The Morgan fingerprint density at radius 1 is 1.36 bits per heavy atom. The Morgan fingerprint density at radius 2 is 2.07 bits per heavy atom. The van der Waals surface area contributed by atoms with Gasteiger partial charge in [-0.25, -0.2) is 0 Å². The van der Waals surface area contributed by atoms with Crippen LogP contribution in [0.4, 0.5) is 0 Å². The molecule has 1 aliphatic heterocycles. The molecular weight excluding hydrogens is 176 g/mol. The van der Waals surface area contributed by atoms with Gasteiger partial charge in [0.25, 0.3) is 0 Å². The lowest BCUT2D eigenvalue weighted by Crippen LogP contribution is -2.40. The molecule has 1 amide bonds. The Labute approximate surface area is 84.8 Å². The first-order chi connectivity index (χ1) is 6.75. The van der Waals surface area contributed by atoms with E-state index < -0.39 is 0 Å².